The second kappa shape index (κ2) is 7.44. The lowest BCUT2D eigenvalue weighted by Gasteiger charge is -2.66. The summed E-state index contributed by atoms with van der Waals surface area (Å²) in [4.78, 5) is 0. The Labute approximate surface area is 144 Å². The molecule has 0 radical (unpaired) electrons. The zero-order valence-electron chi connectivity index (χ0n) is 15.9. The van der Waals surface area contributed by atoms with Crippen LogP contribution in [0.2, 0.25) is 0 Å². The first kappa shape index (κ1) is 17.7. The number of hydrogen-bond acceptors (Lipinski definition) is 2. The third-order valence-corrected chi connectivity index (χ3v) is 7.90. The molecule has 0 aromatic heterocycles. The summed E-state index contributed by atoms with van der Waals surface area (Å²) in [5, 5.41) is 7.55. The molecule has 23 heavy (non-hydrogen) atoms. The number of nitrogens with one attached hydrogen (secondary N) is 2. The Morgan fingerprint density at radius 3 is 2.22 bits per heavy atom. The van der Waals surface area contributed by atoms with Crippen molar-refractivity contribution in [1.82, 2.24) is 10.6 Å². The van der Waals surface area contributed by atoms with E-state index in [2.05, 4.69) is 31.4 Å². The molecule has 0 aromatic rings. The van der Waals surface area contributed by atoms with Crippen molar-refractivity contribution in [2.45, 2.75) is 91.0 Å². The molecule has 0 saturated heterocycles. The highest BCUT2D eigenvalue weighted by atomic mass is 15.0. The van der Waals surface area contributed by atoms with Crippen molar-refractivity contribution >= 4 is 0 Å². The Morgan fingerprint density at radius 2 is 1.57 bits per heavy atom. The third-order valence-electron chi connectivity index (χ3n) is 7.90. The number of hydrogen-bond donors (Lipinski definition) is 2. The summed E-state index contributed by atoms with van der Waals surface area (Å²) < 4.78 is 0. The van der Waals surface area contributed by atoms with E-state index in [0.717, 1.165) is 31.0 Å². The fourth-order valence-corrected chi connectivity index (χ4v) is 5.76. The molecule has 2 N–H and O–H groups in total. The Bertz CT molecular complexity index is 370. The van der Waals surface area contributed by atoms with Crippen molar-refractivity contribution < 1.29 is 0 Å². The Hall–Kier alpha value is -0.0800. The van der Waals surface area contributed by atoms with Crippen molar-refractivity contribution in [2.75, 3.05) is 19.6 Å². The quantitative estimate of drug-likeness (QED) is 0.691. The summed E-state index contributed by atoms with van der Waals surface area (Å²) in [5.41, 5.74) is 1.22. The van der Waals surface area contributed by atoms with Crippen LogP contribution < -0.4 is 10.6 Å². The molecule has 2 nitrogen and oxygen atoms in total. The smallest absolute Gasteiger partial charge is 0.00793 e. The lowest BCUT2D eigenvalue weighted by molar-refractivity contribution is -0.167. The molecule has 2 heteroatoms. The van der Waals surface area contributed by atoms with Crippen molar-refractivity contribution in [2.24, 2.45) is 22.7 Å². The Morgan fingerprint density at radius 1 is 0.870 bits per heavy atom. The van der Waals surface area contributed by atoms with Gasteiger partial charge in [0.05, 0.1) is 0 Å². The third kappa shape index (κ3) is 3.95. The normalized spacial score (nSPS) is 37.7. The van der Waals surface area contributed by atoms with Crippen molar-refractivity contribution in [3.05, 3.63) is 0 Å². The summed E-state index contributed by atoms with van der Waals surface area (Å²) in [6.07, 6.45) is 14.4. The first-order chi connectivity index (χ1) is 11.0. The average Bonchev–Trinajstić information content (AvgIpc) is 2.48. The number of fused-ring (bicyclic) bond motifs is 2. The van der Waals surface area contributed by atoms with Crippen LogP contribution in [0, 0.1) is 22.7 Å². The van der Waals surface area contributed by atoms with Crippen LogP contribution in [0.4, 0.5) is 0 Å². The van der Waals surface area contributed by atoms with Gasteiger partial charge in [-0.05, 0) is 61.3 Å². The standard InChI is InChI=1S/C21H40N2/c1-20(2)18-13-17(14-21(20,3)15-18)16-22-11-12-23-19-9-7-5-4-6-8-10-19/h17-19,22-23H,4-16H2,1-3H3/t17?,18-,21+/m0/s1. The highest BCUT2D eigenvalue weighted by Crippen LogP contribution is 2.68. The molecule has 4 rings (SSSR count). The maximum Gasteiger partial charge on any atom is 0.00793 e. The minimum Gasteiger partial charge on any atom is -0.315 e. The topological polar surface area (TPSA) is 24.1 Å². The molecule has 134 valence electrons. The lowest BCUT2D eigenvalue weighted by atomic mass is 9.39. The van der Waals surface area contributed by atoms with Crippen LogP contribution in [0.25, 0.3) is 0 Å². The first-order valence-electron chi connectivity index (χ1n) is 10.5. The molecule has 2 bridgehead atoms. The van der Waals surface area contributed by atoms with Gasteiger partial charge in [-0.3, -0.25) is 0 Å². The van der Waals surface area contributed by atoms with E-state index in [4.69, 9.17) is 0 Å². The highest BCUT2D eigenvalue weighted by molar-refractivity contribution is 5.10. The fourth-order valence-electron chi connectivity index (χ4n) is 5.76. The summed E-state index contributed by atoms with van der Waals surface area (Å²) in [5.74, 6) is 1.91. The van der Waals surface area contributed by atoms with Gasteiger partial charge < -0.3 is 10.6 Å². The molecular weight excluding hydrogens is 280 g/mol. The molecule has 0 aromatic carbocycles. The molecule has 4 fully saturated rings. The molecule has 4 aliphatic carbocycles. The summed E-state index contributed by atoms with van der Waals surface area (Å²) >= 11 is 0. The van der Waals surface area contributed by atoms with Crippen LogP contribution in [-0.2, 0) is 0 Å². The molecule has 0 heterocycles. The predicted octanol–water partition coefficient (Wildman–Crippen LogP) is 4.74. The molecule has 0 amide bonds. The van der Waals surface area contributed by atoms with E-state index < -0.39 is 0 Å². The maximum absolute atomic E-state index is 3.80. The van der Waals surface area contributed by atoms with Gasteiger partial charge in [0.25, 0.3) is 0 Å². The highest BCUT2D eigenvalue weighted by Gasteiger charge is 2.60. The molecular formula is C21H40N2. The molecule has 1 unspecified atom stereocenters. The van der Waals surface area contributed by atoms with Crippen LogP contribution in [0.1, 0.15) is 85.0 Å². The van der Waals surface area contributed by atoms with Gasteiger partial charge in [0.2, 0.25) is 0 Å². The SMILES string of the molecule is CC1(C)[C@H]2CC(CNCCNC3CCCCCCC3)C[C@]1(C)C2. The van der Waals surface area contributed by atoms with Gasteiger partial charge in [0, 0.05) is 19.1 Å². The van der Waals surface area contributed by atoms with Gasteiger partial charge in [-0.2, -0.15) is 0 Å². The van der Waals surface area contributed by atoms with Gasteiger partial charge >= 0.3 is 0 Å². The molecule has 4 saturated carbocycles. The predicted molar refractivity (Wildman–Crippen MR) is 99.7 cm³/mol. The Balaban J connectivity index is 1.28. The van der Waals surface area contributed by atoms with E-state index in [0.29, 0.717) is 10.8 Å². The molecule has 0 spiro atoms. The van der Waals surface area contributed by atoms with Crippen LogP contribution in [0.3, 0.4) is 0 Å². The van der Waals surface area contributed by atoms with Gasteiger partial charge in [-0.1, -0.05) is 52.9 Å². The van der Waals surface area contributed by atoms with Gasteiger partial charge in [-0.15, -0.1) is 0 Å². The summed E-state index contributed by atoms with van der Waals surface area (Å²) in [7, 11) is 0. The minimum atomic E-state index is 0.600. The van der Waals surface area contributed by atoms with Gasteiger partial charge in [-0.25, -0.2) is 0 Å². The molecule has 4 aliphatic rings. The van der Waals surface area contributed by atoms with Crippen molar-refractivity contribution in [1.29, 1.82) is 0 Å². The van der Waals surface area contributed by atoms with Crippen LogP contribution in [-0.4, -0.2) is 25.7 Å². The van der Waals surface area contributed by atoms with E-state index in [1.807, 2.05) is 0 Å². The largest absolute Gasteiger partial charge is 0.315 e. The fraction of sp³-hybridized carbons (Fsp3) is 1.00. The Kier molecular flexibility index (Phi) is 5.73. The monoisotopic (exact) mass is 320 g/mol. The summed E-state index contributed by atoms with van der Waals surface area (Å²) in [6, 6.07) is 0.791. The lowest BCUT2D eigenvalue weighted by Crippen LogP contribution is -2.59. The maximum atomic E-state index is 3.80. The number of rotatable bonds is 6. The second-order valence-electron chi connectivity index (χ2n) is 9.69. The van der Waals surface area contributed by atoms with Crippen molar-refractivity contribution in [3.8, 4) is 0 Å². The van der Waals surface area contributed by atoms with Gasteiger partial charge in [0.1, 0.15) is 0 Å². The van der Waals surface area contributed by atoms with E-state index in [1.165, 1.54) is 70.8 Å². The summed E-state index contributed by atoms with van der Waals surface area (Å²) in [6.45, 7) is 11.1. The van der Waals surface area contributed by atoms with E-state index in [9.17, 15) is 0 Å². The van der Waals surface area contributed by atoms with Crippen molar-refractivity contribution in [3.63, 3.8) is 0 Å². The zero-order valence-corrected chi connectivity index (χ0v) is 15.9. The minimum absolute atomic E-state index is 0.600. The molecule has 3 atom stereocenters. The van der Waals surface area contributed by atoms with E-state index in [-0.39, 0.29) is 0 Å². The zero-order chi connectivity index (χ0) is 16.3. The first-order valence-corrected chi connectivity index (χ1v) is 10.5. The van der Waals surface area contributed by atoms with Crippen LogP contribution >= 0.6 is 0 Å². The van der Waals surface area contributed by atoms with Gasteiger partial charge in [0.15, 0.2) is 0 Å². The average molecular weight is 321 g/mol. The van der Waals surface area contributed by atoms with E-state index >= 15 is 0 Å². The van der Waals surface area contributed by atoms with E-state index in [1.54, 1.807) is 0 Å². The molecule has 0 aliphatic heterocycles. The second-order valence-corrected chi connectivity index (χ2v) is 9.69. The van der Waals surface area contributed by atoms with Crippen LogP contribution in [0.15, 0.2) is 0 Å². The van der Waals surface area contributed by atoms with Crippen LogP contribution in [0.5, 0.6) is 0 Å².